The summed E-state index contributed by atoms with van der Waals surface area (Å²) < 4.78 is 36.2. The van der Waals surface area contributed by atoms with Crippen molar-refractivity contribution >= 4 is 32.1 Å². The second-order valence-corrected chi connectivity index (χ2v) is 10.7. The molecule has 174 valence electrons. The number of imidazole rings is 1. The molecule has 0 spiro atoms. The van der Waals surface area contributed by atoms with Gasteiger partial charge in [-0.25, -0.2) is 17.9 Å². The zero-order valence-corrected chi connectivity index (χ0v) is 19.5. The van der Waals surface area contributed by atoms with Gasteiger partial charge < -0.3 is 19.4 Å². The van der Waals surface area contributed by atoms with Crippen LogP contribution in [-0.2, 0) is 9.84 Å². The summed E-state index contributed by atoms with van der Waals surface area (Å²) in [6.45, 7) is 5.34. The number of anilines is 1. The highest BCUT2D eigenvalue weighted by atomic mass is 32.2. The minimum absolute atomic E-state index is 0.0819. The second kappa shape index (κ2) is 8.68. The fourth-order valence-corrected chi connectivity index (χ4v) is 4.86. The van der Waals surface area contributed by atoms with Gasteiger partial charge in [-0.15, -0.1) is 5.10 Å². The molecule has 1 saturated heterocycles. The number of ether oxygens (including phenoxy) is 1. The smallest absolute Gasteiger partial charge is 0.231 e. The number of nitrogens with zero attached hydrogens (tertiary/aromatic N) is 4. The third kappa shape index (κ3) is 4.53. The largest absolute Gasteiger partial charge is 0.477 e. The van der Waals surface area contributed by atoms with Gasteiger partial charge in [0.05, 0.1) is 18.6 Å². The Kier molecular flexibility index (Phi) is 5.71. The van der Waals surface area contributed by atoms with Crippen molar-refractivity contribution in [2.45, 2.75) is 19.4 Å². The van der Waals surface area contributed by atoms with Crippen molar-refractivity contribution in [3.05, 3.63) is 42.6 Å². The maximum absolute atomic E-state index is 11.3. The Labute approximate surface area is 192 Å². The number of nitrogens with one attached hydrogen (secondary N) is 1. The molecule has 1 atom stereocenters. The Morgan fingerprint density at radius 1 is 1.27 bits per heavy atom. The van der Waals surface area contributed by atoms with Crippen LogP contribution in [0.1, 0.15) is 13.3 Å². The van der Waals surface area contributed by atoms with E-state index in [-0.39, 0.29) is 12.4 Å². The van der Waals surface area contributed by atoms with E-state index in [0.29, 0.717) is 29.8 Å². The third-order valence-corrected chi connectivity index (χ3v) is 6.88. The zero-order valence-electron chi connectivity index (χ0n) is 18.7. The maximum atomic E-state index is 11.3. The fraction of sp³-hybridized carbons (Fsp3) is 0.391. The molecular formula is C23H27N5O4S. The lowest BCUT2D eigenvalue weighted by Crippen LogP contribution is -2.49. The SMILES string of the molecule is C[C@@H]1CNCCN1c1cccc2oc(-c3cnc4ccc(OCCCS(C)(=O)=O)nn34)cc12. The van der Waals surface area contributed by atoms with E-state index in [2.05, 4.69) is 33.3 Å². The summed E-state index contributed by atoms with van der Waals surface area (Å²) in [7, 11) is -3.01. The third-order valence-electron chi connectivity index (χ3n) is 5.85. The quantitative estimate of drug-likeness (QED) is 0.412. The number of hydrogen-bond donors (Lipinski definition) is 1. The average molecular weight is 470 g/mol. The number of aromatic nitrogens is 3. The summed E-state index contributed by atoms with van der Waals surface area (Å²) in [5.74, 6) is 1.16. The average Bonchev–Trinajstić information content (AvgIpc) is 3.40. The predicted octanol–water partition coefficient (Wildman–Crippen LogP) is 2.75. The molecule has 10 heteroatoms. The highest BCUT2D eigenvalue weighted by Crippen LogP contribution is 2.35. The number of benzene rings is 1. The maximum Gasteiger partial charge on any atom is 0.231 e. The van der Waals surface area contributed by atoms with Crippen molar-refractivity contribution in [1.29, 1.82) is 0 Å². The molecule has 0 amide bonds. The van der Waals surface area contributed by atoms with Crippen LogP contribution in [-0.4, -0.2) is 67.3 Å². The summed E-state index contributed by atoms with van der Waals surface area (Å²) in [4.78, 5) is 6.86. The predicted molar refractivity (Wildman–Crippen MR) is 128 cm³/mol. The molecule has 5 rings (SSSR count). The molecule has 0 unspecified atom stereocenters. The van der Waals surface area contributed by atoms with Crippen LogP contribution in [0.5, 0.6) is 5.88 Å². The van der Waals surface area contributed by atoms with Gasteiger partial charge in [-0.1, -0.05) is 6.07 Å². The first-order valence-electron chi connectivity index (χ1n) is 11.0. The fourth-order valence-electron chi connectivity index (χ4n) is 4.22. The molecule has 4 heterocycles. The lowest BCUT2D eigenvalue weighted by molar-refractivity contribution is 0.301. The number of fused-ring (bicyclic) bond motifs is 2. The van der Waals surface area contributed by atoms with Crippen LogP contribution in [0.2, 0.25) is 0 Å². The van der Waals surface area contributed by atoms with Gasteiger partial charge in [-0.3, -0.25) is 0 Å². The molecule has 1 aromatic carbocycles. The van der Waals surface area contributed by atoms with Crippen LogP contribution >= 0.6 is 0 Å². The summed E-state index contributed by atoms with van der Waals surface area (Å²) in [5.41, 5.74) is 3.37. The van der Waals surface area contributed by atoms with E-state index >= 15 is 0 Å². The summed E-state index contributed by atoms with van der Waals surface area (Å²) in [6.07, 6.45) is 3.36. The highest BCUT2D eigenvalue weighted by Gasteiger charge is 2.22. The molecule has 33 heavy (non-hydrogen) atoms. The van der Waals surface area contributed by atoms with Gasteiger partial charge in [0.25, 0.3) is 0 Å². The van der Waals surface area contributed by atoms with Gasteiger partial charge in [0.15, 0.2) is 11.4 Å². The molecule has 0 saturated carbocycles. The zero-order chi connectivity index (χ0) is 23.0. The Balaban J connectivity index is 1.45. The summed E-state index contributed by atoms with van der Waals surface area (Å²) >= 11 is 0. The van der Waals surface area contributed by atoms with Gasteiger partial charge >= 0.3 is 0 Å². The number of sulfone groups is 1. The standard InChI is InChI=1S/C23H27N5O4S/c1-16-14-24-9-10-27(16)18-5-3-6-20-17(18)13-21(32-20)19-15-25-22-7-8-23(26-28(19)22)31-11-4-12-33(2,29)30/h3,5-8,13,15-16,24H,4,9-12,14H2,1-2H3/t16-/m1/s1. The van der Waals surface area contributed by atoms with E-state index in [4.69, 9.17) is 9.15 Å². The number of hydrogen-bond acceptors (Lipinski definition) is 8. The van der Waals surface area contributed by atoms with Crippen LogP contribution in [0, 0.1) is 0 Å². The van der Waals surface area contributed by atoms with E-state index in [0.717, 1.165) is 42.0 Å². The summed E-state index contributed by atoms with van der Waals surface area (Å²) in [6, 6.07) is 12.1. The number of piperazine rings is 1. The highest BCUT2D eigenvalue weighted by molar-refractivity contribution is 7.90. The Morgan fingerprint density at radius 3 is 2.97 bits per heavy atom. The van der Waals surface area contributed by atoms with E-state index in [9.17, 15) is 8.42 Å². The molecule has 1 fully saturated rings. The molecule has 4 aromatic rings. The van der Waals surface area contributed by atoms with Gasteiger partial charge in [0, 0.05) is 49.1 Å². The Morgan fingerprint density at radius 2 is 2.15 bits per heavy atom. The van der Waals surface area contributed by atoms with E-state index in [1.807, 2.05) is 24.3 Å². The van der Waals surface area contributed by atoms with Crippen LogP contribution in [0.15, 0.2) is 47.0 Å². The minimum Gasteiger partial charge on any atom is -0.477 e. The topological polar surface area (TPSA) is 102 Å². The molecule has 1 N–H and O–H groups in total. The van der Waals surface area contributed by atoms with Crippen molar-refractivity contribution in [3.8, 4) is 17.3 Å². The lowest BCUT2D eigenvalue weighted by atomic mass is 10.1. The van der Waals surface area contributed by atoms with Crippen molar-refractivity contribution in [2.75, 3.05) is 43.1 Å². The van der Waals surface area contributed by atoms with Crippen molar-refractivity contribution in [3.63, 3.8) is 0 Å². The second-order valence-electron chi connectivity index (χ2n) is 8.46. The first-order chi connectivity index (χ1) is 15.9. The molecule has 0 aliphatic carbocycles. The monoisotopic (exact) mass is 469 g/mol. The van der Waals surface area contributed by atoms with Gasteiger partial charge in [-0.2, -0.15) is 0 Å². The Hall–Kier alpha value is -3.11. The first-order valence-corrected chi connectivity index (χ1v) is 13.1. The van der Waals surface area contributed by atoms with Crippen LogP contribution in [0.4, 0.5) is 5.69 Å². The van der Waals surface area contributed by atoms with Crippen LogP contribution in [0.3, 0.4) is 0 Å². The molecule has 1 aliphatic heterocycles. The van der Waals surface area contributed by atoms with Crippen molar-refractivity contribution in [2.24, 2.45) is 0 Å². The molecule has 3 aromatic heterocycles. The van der Waals surface area contributed by atoms with Crippen molar-refractivity contribution in [1.82, 2.24) is 19.9 Å². The summed E-state index contributed by atoms with van der Waals surface area (Å²) in [5, 5.41) is 9.04. The molecule has 1 aliphatic rings. The minimum atomic E-state index is -3.01. The first kappa shape index (κ1) is 21.7. The van der Waals surface area contributed by atoms with E-state index in [1.54, 1.807) is 16.8 Å². The number of furan rings is 1. The van der Waals surface area contributed by atoms with Crippen LogP contribution < -0.4 is 15.0 Å². The van der Waals surface area contributed by atoms with Gasteiger partial charge in [0.2, 0.25) is 5.88 Å². The molecule has 0 bridgehead atoms. The van der Waals surface area contributed by atoms with Crippen molar-refractivity contribution < 1.29 is 17.6 Å². The van der Waals surface area contributed by atoms with Gasteiger partial charge in [-0.05, 0) is 37.6 Å². The molecule has 0 radical (unpaired) electrons. The van der Waals surface area contributed by atoms with Gasteiger partial charge in [0.1, 0.15) is 21.1 Å². The molecular weight excluding hydrogens is 442 g/mol. The van der Waals surface area contributed by atoms with E-state index < -0.39 is 9.84 Å². The molecule has 9 nitrogen and oxygen atoms in total. The van der Waals surface area contributed by atoms with E-state index in [1.165, 1.54) is 6.26 Å². The van der Waals surface area contributed by atoms with Crippen LogP contribution in [0.25, 0.3) is 28.1 Å². The normalized spacial score (nSPS) is 17.2. The number of rotatable bonds is 7. The lowest BCUT2D eigenvalue weighted by Gasteiger charge is -2.36. The Bertz CT molecular complexity index is 1390.